The van der Waals surface area contributed by atoms with Crippen molar-refractivity contribution in [1.82, 2.24) is 20.9 Å². The number of urea groups is 1. The Kier molecular flexibility index (Phi) is 5.37. The van der Waals surface area contributed by atoms with Gasteiger partial charge in [-0.2, -0.15) is 0 Å². The molecule has 1 saturated heterocycles. The van der Waals surface area contributed by atoms with Gasteiger partial charge in [0.15, 0.2) is 0 Å². The van der Waals surface area contributed by atoms with Crippen LogP contribution in [0.15, 0.2) is 0 Å². The van der Waals surface area contributed by atoms with Gasteiger partial charge < -0.3 is 10.6 Å². The molecule has 114 valence electrons. The van der Waals surface area contributed by atoms with Gasteiger partial charge in [-0.3, -0.25) is 15.0 Å². The molecule has 0 aromatic carbocycles. The number of carbonyl (C=O) groups is 2. The molecule has 2 unspecified atom stereocenters. The maximum Gasteiger partial charge on any atom is 0.321 e. The molecule has 3 N–H and O–H groups in total. The van der Waals surface area contributed by atoms with Gasteiger partial charge in [0, 0.05) is 31.2 Å². The molecule has 0 radical (unpaired) electrons. The first-order chi connectivity index (χ1) is 9.62. The number of nitrogens with zero attached hydrogens (tertiary/aromatic N) is 1. The molecule has 0 spiro atoms. The molecule has 20 heavy (non-hydrogen) atoms. The molecule has 1 heterocycles. The fraction of sp³-hybridized carbons (Fsp3) is 0.857. The summed E-state index contributed by atoms with van der Waals surface area (Å²) in [7, 11) is 0. The van der Waals surface area contributed by atoms with Crippen LogP contribution < -0.4 is 16.0 Å². The molecule has 3 amide bonds. The van der Waals surface area contributed by atoms with Crippen LogP contribution in [-0.4, -0.2) is 54.6 Å². The Bertz CT molecular complexity index is 357. The van der Waals surface area contributed by atoms with Crippen LogP contribution >= 0.6 is 0 Å². The Morgan fingerprint density at radius 2 is 2.00 bits per heavy atom. The summed E-state index contributed by atoms with van der Waals surface area (Å²) in [5, 5.41) is 8.69. The second-order valence-corrected chi connectivity index (χ2v) is 5.80. The van der Waals surface area contributed by atoms with Gasteiger partial charge in [0.1, 0.15) is 0 Å². The molecule has 2 rings (SSSR count). The molecular weight excluding hydrogens is 256 g/mol. The first kappa shape index (κ1) is 15.3. The third kappa shape index (κ3) is 4.45. The van der Waals surface area contributed by atoms with E-state index in [0.29, 0.717) is 18.6 Å². The van der Waals surface area contributed by atoms with Gasteiger partial charge >= 0.3 is 6.03 Å². The Hall–Kier alpha value is -1.14. The van der Waals surface area contributed by atoms with E-state index in [-0.39, 0.29) is 18.0 Å². The van der Waals surface area contributed by atoms with Gasteiger partial charge in [-0.25, -0.2) is 4.79 Å². The molecule has 1 aliphatic carbocycles. The van der Waals surface area contributed by atoms with Crippen LogP contribution in [0.4, 0.5) is 4.79 Å². The molecule has 2 fully saturated rings. The van der Waals surface area contributed by atoms with E-state index in [1.807, 2.05) is 0 Å². The van der Waals surface area contributed by atoms with Crippen LogP contribution in [0.1, 0.15) is 39.5 Å². The zero-order valence-electron chi connectivity index (χ0n) is 12.4. The summed E-state index contributed by atoms with van der Waals surface area (Å²) in [6, 6.07) is 0.725. The van der Waals surface area contributed by atoms with Gasteiger partial charge in [-0.15, -0.1) is 0 Å². The van der Waals surface area contributed by atoms with E-state index in [2.05, 4.69) is 34.7 Å². The molecule has 1 saturated carbocycles. The van der Waals surface area contributed by atoms with Crippen molar-refractivity contribution in [2.75, 3.05) is 19.6 Å². The topological polar surface area (TPSA) is 73.5 Å². The Morgan fingerprint density at radius 3 is 2.60 bits per heavy atom. The smallest absolute Gasteiger partial charge is 0.321 e. The summed E-state index contributed by atoms with van der Waals surface area (Å²) in [5.41, 5.74) is 0. The largest absolute Gasteiger partial charge is 0.335 e. The maximum atomic E-state index is 11.9. The van der Waals surface area contributed by atoms with Crippen LogP contribution in [0.25, 0.3) is 0 Å². The molecule has 1 aliphatic heterocycles. The van der Waals surface area contributed by atoms with Gasteiger partial charge in [-0.05, 0) is 25.7 Å². The van der Waals surface area contributed by atoms with Crippen molar-refractivity contribution in [1.29, 1.82) is 0 Å². The summed E-state index contributed by atoms with van der Waals surface area (Å²) < 4.78 is 0. The lowest BCUT2D eigenvalue weighted by molar-refractivity contribution is -0.122. The predicted octanol–water partition coefficient (Wildman–Crippen LogP) is 0.437. The molecule has 0 aromatic rings. The zero-order valence-corrected chi connectivity index (χ0v) is 12.4. The number of hydrogen-bond donors (Lipinski definition) is 3. The van der Waals surface area contributed by atoms with Crippen LogP contribution in [0, 0.1) is 0 Å². The molecule has 2 aliphatic rings. The van der Waals surface area contributed by atoms with E-state index in [0.717, 1.165) is 38.8 Å². The predicted molar refractivity (Wildman–Crippen MR) is 77.4 cm³/mol. The second-order valence-electron chi connectivity index (χ2n) is 5.80. The van der Waals surface area contributed by atoms with E-state index in [1.165, 1.54) is 0 Å². The summed E-state index contributed by atoms with van der Waals surface area (Å²) >= 11 is 0. The number of rotatable bonds is 5. The minimum Gasteiger partial charge on any atom is -0.335 e. The third-order valence-corrected chi connectivity index (χ3v) is 4.09. The number of imide groups is 1. The normalized spacial score (nSPS) is 27.1. The lowest BCUT2D eigenvalue weighted by Gasteiger charge is -2.39. The van der Waals surface area contributed by atoms with Gasteiger partial charge in [0.2, 0.25) is 5.91 Å². The number of piperazine rings is 1. The molecular formula is C14H26N4O2. The highest BCUT2D eigenvalue weighted by molar-refractivity contribution is 5.95. The van der Waals surface area contributed by atoms with Crippen LogP contribution in [-0.2, 0) is 4.79 Å². The number of nitrogens with one attached hydrogen (secondary N) is 3. The minimum atomic E-state index is -0.354. The maximum absolute atomic E-state index is 11.9. The average molecular weight is 282 g/mol. The molecule has 6 nitrogen and oxygen atoms in total. The van der Waals surface area contributed by atoms with Crippen LogP contribution in [0.5, 0.6) is 0 Å². The highest BCUT2D eigenvalue weighted by Crippen LogP contribution is 2.18. The van der Waals surface area contributed by atoms with E-state index in [9.17, 15) is 9.59 Å². The summed E-state index contributed by atoms with van der Waals surface area (Å²) in [6.07, 6.45) is 4.10. The van der Waals surface area contributed by atoms with E-state index < -0.39 is 0 Å². The monoisotopic (exact) mass is 282 g/mol. The van der Waals surface area contributed by atoms with Crippen molar-refractivity contribution in [3.05, 3.63) is 0 Å². The number of amides is 3. The fourth-order valence-electron chi connectivity index (χ4n) is 2.60. The van der Waals surface area contributed by atoms with Gasteiger partial charge in [0.25, 0.3) is 0 Å². The van der Waals surface area contributed by atoms with Gasteiger partial charge in [-0.1, -0.05) is 13.8 Å². The highest BCUT2D eigenvalue weighted by atomic mass is 16.2. The standard InChI is InChI=1S/C14H26N4O2/c1-3-10-8-18(12(4-2)7-15-10)9-13(19)17-14(20)16-11-5-6-11/h10-12,15H,3-9H2,1-2H3,(H2,16,17,19,20). The fourth-order valence-corrected chi connectivity index (χ4v) is 2.60. The summed E-state index contributed by atoms with van der Waals surface area (Å²) in [6.45, 7) is 6.35. The third-order valence-electron chi connectivity index (χ3n) is 4.09. The molecule has 6 heteroatoms. The quantitative estimate of drug-likeness (QED) is 0.684. The van der Waals surface area contributed by atoms with E-state index in [4.69, 9.17) is 0 Å². The van der Waals surface area contributed by atoms with Crippen molar-refractivity contribution in [2.24, 2.45) is 0 Å². The first-order valence-electron chi connectivity index (χ1n) is 7.70. The lowest BCUT2D eigenvalue weighted by atomic mass is 10.1. The molecule has 2 atom stereocenters. The van der Waals surface area contributed by atoms with Crippen molar-refractivity contribution in [3.8, 4) is 0 Å². The first-order valence-corrected chi connectivity index (χ1v) is 7.70. The Morgan fingerprint density at radius 1 is 1.25 bits per heavy atom. The average Bonchev–Trinajstić information content (AvgIpc) is 3.22. The SMILES string of the molecule is CCC1CN(CC(=O)NC(=O)NC2CC2)C(CC)CN1. The number of carbonyl (C=O) groups excluding carboxylic acids is 2. The van der Waals surface area contributed by atoms with Gasteiger partial charge in [0.05, 0.1) is 6.54 Å². The van der Waals surface area contributed by atoms with Crippen molar-refractivity contribution in [3.63, 3.8) is 0 Å². The van der Waals surface area contributed by atoms with Crippen LogP contribution in [0.3, 0.4) is 0 Å². The van der Waals surface area contributed by atoms with Crippen molar-refractivity contribution >= 4 is 11.9 Å². The highest BCUT2D eigenvalue weighted by Gasteiger charge is 2.28. The summed E-state index contributed by atoms with van der Waals surface area (Å²) in [5.74, 6) is -0.210. The second kappa shape index (κ2) is 7.04. The zero-order chi connectivity index (χ0) is 14.5. The summed E-state index contributed by atoms with van der Waals surface area (Å²) in [4.78, 5) is 25.7. The van der Waals surface area contributed by atoms with Crippen LogP contribution in [0.2, 0.25) is 0 Å². The molecule has 0 bridgehead atoms. The Labute approximate surface area is 120 Å². The molecule has 0 aromatic heterocycles. The Balaban J connectivity index is 1.78. The lowest BCUT2D eigenvalue weighted by Crippen LogP contribution is -2.58. The van der Waals surface area contributed by atoms with Crippen molar-refractivity contribution < 1.29 is 9.59 Å². The van der Waals surface area contributed by atoms with E-state index >= 15 is 0 Å². The number of hydrogen-bond acceptors (Lipinski definition) is 4. The minimum absolute atomic E-state index is 0.210. The van der Waals surface area contributed by atoms with E-state index in [1.54, 1.807) is 0 Å². The van der Waals surface area contributed by atoms with Crippen molar-refractivity contribution in [2.45, 2.75) is 57.7 Å².